The second kappa shape index (κ2) is 7.68. The maximum atomic E-state index is 12.6. The van der Waals surface area contributed by atoms with Crippen LogP contribution in [0.1, 0.15) is 52.9 Å². The fraction of sp³-hybridized carbons (Fsp3) is 0.429. The fourth-order valence-electron chi connectivity index (χ4n) is 3.59. The van der Waals surface area contributed by atoms with E-state index in [2.05, 4.69) is 34.3 Å². The van der Waals surface area contributed by atoms with Crippen LogP contribution < -0.4 is 10.2 Å². The summed E-state index contributed by atoms with van der Waals surface area (Å²) in [6.07, 6.45) is 6.90. The largest absolute Gasteiger partial charge is 0.370 e. The molecule has 0 unspecified atom stereocenters. The minimum Gasteiger partial charge on any atom is -0.370 e. The van der Waals surface area contributed by atoms with Crippen LogP contribution in [-0.4, -0.2) is 24.0 Å². The van der Waals surface area contributed by atoms with E-state index < -0.39 is 0 Å². The molecule has 2 aromatic rings. The Bertz CT molecular complexity index is 721. The van der Waals surface area contributed by atoms with Crippen LogP contribution in [0.3, 0.4) is 0 Å². The summed E-state index contributed by atoms with van der Waals surface area (Å²) in [6.45, 7) is 8.26. The van der Waals surface area contributed by atoms with Crippen LogP contribution in [0.15, 0.2) is 30.5 Å². The summed E-state index contributed by atoms with van der Waals surface area (Å²) >= 11 is 0. The van der Waals surface area contributed by atoms with Crippen molar-refractivity contribution in [2.45, 2.75) is 46.5 Å². The lowest BCUT2D eigenvalue weighted by Gasteiger charge is -2.22. The number of carbonyl (C=O) groups excluding carboxylic acids is 1. The number of benzene rings is 1. The second-order valence-corrected chi connectivity index (χ2v) is 7.03. The summed E-state index contributed by atoms with van der Waals surface area (Å²) in [7, 11) is 0. The van der Waals surface area contributed by atoms with E-state index >= 15 is 0 Å². The second-order valence-electron chi connectivity index (χ2n) is 7.03. The van der Waals surface area contributed by atoms with E-state index in [1.165, 1.54) is 31.2 Å². The zero-order chi connectivity index (χ0) is 17.8. The third-order valence-electron chi connectivity index (χ3n) is 4.87. The molecule has 1 amide bonds. The van der Waals surface area contributed by atoms with Crippen LogP contribution in [0.2, 0.25) is 0 Å². The molecule has 1 N–H and O–H groups in total. The number of carbonyl (C=O) groups is 1. The first-order chi connectivity index (χ1) is 12.0. The molecule has 1 aromatic carbocycles. The average Bonchev–Trinajstić information content (AvgIpc) is 2.87. The summed E-state index contributed by atoms with van der Waals surface area (Å²) in [5, 5.41) is 3.02. The van der Waals surface area contributed by atoms with Gasteiger partial charge < -0.3 is 10.2 Å². The van der Waals surface area contributed by atoms with Crippen molar-refractivity contribution in [3.63, 3.8) is 0 Å². The van der Waals surface area contributed by atoms with Gasteiger partial charge in [-0.3, -0.25) is 4.79 Å². The average molecular weight is 337 g/mol. The molecule has 0 spiro atoms. The molecule has 1 aromatic heterocycles. The van der Waals surface area contributed by atoms with Crippen LogP contribution in [0.25, 0.3) is 0 Å². The number of pyridine rings is 1. The van der Waals surface area contributed by atoms with Gasteiger partial charge in [-0.15, -0.1) is 0 Å². The van der Waals surface area contributed by atoms with Gasteiger partial charge in [0.25, 0.3) is 5.91 Å². The van der Waals surface area contributed by atoms with E-state index in [9.17, 15) is 4.79 Å². The number of hydrogen-bond acceptors (Lipinski definition) is 3. The molecule has 132 valence electrons. The van der Waals surface area contributed by atoms with Gasteiger partial charge >= 0.3 is 0 Å². The maximum absolute atomic E-state index is 12.6. The molecule has 1 fully saturated rings. The Morgan fingerprint density at radius 3 is 2.20 bits per heavy atom. The Labute approximate surface area is 150 Å². The number of nitrogens with zero attached hydrogens (tertiary/aromatic N) is 2. The smallest absolute Gasteiger partial charge is 0.274 e. The van der Waals surface area contributed by atoms with Crippen LogP contribution in [-0.2, 0) is 0 Å². The third kappa shape index (κ3) is 4.19. The minimum atomic E-state index is -0.155. The molecule has 1 saturated heterocycles. The number of rotatable bonds is 3. The molecule has 3 rings (SSSR count). The molecule has 0 radical (unpaired) electrons. The van der Waals surface area contributed by atoms with Crippen molar-refractivity contribution in [2.75, 3.05) is 23.3 Å². The van der Waals surface area contributed by atoms with Crippen LogP contribution in [0, 0.1) is 20.8 Å². The lowest BCUT2D eigenvalue weighted by Crippen LogP contribution is -2.24. The molecule has 1 aliphatic rings. The molecule has 4 heteroatoms. The molecule has 2 heterocycles. The highest BCUT2D eigenvalue weighted by Gasteiger charge is 2.14. The molecule has 0 aliphatic carbocycles. The van der Waals surface area contributed by atoms with Gasteiger partial charge in [0.1, 0.15) is 5.69 Å². The van der Waals surface area contributed by atoms with Gasteiger partial charge in [-0.05, 0) is 56.9 Å². The van der Waals surface area contributed by atoms with Gasteiger partial charge in [-0.25, -0.2) is 4.98 Å². The molecular formula is C21H27N3O. The van der Waals surface area contributed by atoms with Gasteiger partial charge in [0.15, 0.2) is 0 Å². The van der Waals surface area contributed by atoms with Crippen molar-refractivity contribution in [1.82, 2.24) is 4.98 Å². The maximum Gasteiger partial charge on any atom is 0.274 e. The van der Waals surface area contributed by atoms with Crippen molar-refractivity contribution in [2.24, 2.45) is 0 Å². The number of aryl methyl sites for hydroxylation is 3. The Morgan fingerprint density at radius 1 is 1.00 bits per heavy atom. The van der Waals surface area contributed by atoms with Gasteiger partial charge in [0.2, 0.25) is 0 Å². The number of anilines is 2. The highest BCUT2D eigenvalue weighted by atomic mass is 16.1. The number of nitrogens with one attached hydrogen (secondary N) is 1. The molecule has 0 atom stereocenters. The zero-order valence-corrected chi connectivity index (χ0v) is 15.4. The van der Waals surface area contributed by atoms with Crippen molar-refractivity contribution in [1.29, 1.82) is 0 Å². The molecule has 4 nitrogen and oxygen atoms in total. The van der Waals surface area contributed by atoms with Crippen molar-refractivity contribution < 1.29 is 4.79 Å². The summed E-state index contributed by atoms with van der Waals surface area (Å²) in [4.78, 5) is 19.3. The first-order valence-electron chi connectivity index (χ1n) is 9.15. The summed E-state index contributed by atoms with van der Waals surface area (Å²) in [5.41, 5.74) is 5.81. The molecule has 25 heavy (non-hydrogen) atoms. The van der Waals surface area contributed by atoms with Crippen molar-refractivity contribution >= 4 is 17.3 Å². The quantitative estimate of drug-likeness (QED) is 0.887. The number of aromatic nitrogens is 1. The van der Waals surface area contributed by atoms with E-state index in [1.54, 1.807) is 0 Å². The van der Waals surface area contributed by atoms with E-state index in [1.807, 2.05) is 32.2 Å². The lowest BCUT2D eigenvalue weighted by molar-refractivity contribution is 0.102. The number of amides is 1. The topological polar surface area (TPSA) is 45.2 Å². The first kappa shape index (κ1) is 17.5. The zero-order valence-electron chi connectivity index (χ0n) is 15.4. The van der Waals surface area contributed by atoms with E-state index in [0.717, 1.165) is 35.6 Å². The Kier molecular flexibility index (Phi) is 5.37. The predicted molar refractivity (Wildman–Crippen MR) is 104 cm³/mol. The first-order valence-corrected chi connectivity index (χ1v) is 9.15. The van der Waals surface area contributed by atoms with Crippen LogP contribution in [0.4, 0.5) is 11.4 Å². The van der Waals surface area contributed by atoms with E-state index in [-0.39, 0.29) is 5.91 Å². The van der Waals surface area contributed by atoms with Gasteiger partial charge in [0.05, 0.1) is 11.9 Å². The summed E-state index contributed by atoms with van der Waals surface area (Å²) < 4.78 is 0. The Balaban J connectivity index is 1.73. The fourth-order valence-corrected chi connectivity index (χ4v) is 3.59. The molecule has 0 saturated carbocycles. The van der Waals surface area contributed by atoms with Gasteiger partial charge in [-0.2, -0.15) is 0 Å². The van der Waals surface area contributed by atoms with Crippen molar-refractivity contribution in [3.05, 3.63) is 52.8 Å². The highest BCUT2D eigenvalue weighted by molar-refractivity contribution is 6.03. The third-order valence-corrected chi connectivity index (χ3v) is 4.87. The monoisotopic (exact) mass is 337 g/mol. The van der Waals surface area contributed by atoms with Gasteiger partial charge in [0, 0.05) is 18.8 Å². The SMILES string of the molecule is Cc1cc(C)c(NC(=O)c2ccc(N3CCCCCC3)cn2)c(C)c1. The van der Waals surface area contributed by atoms with Crippen molar-refractivity contribution in [3.8, 4) is 0 Å². The minimum absolute atomic E-state index is 0.155. The van der Waals surface area contributed by atoms with E-state index in [0.29, 0.717) is 5.69 Å². The normalized spacial score (nSPS) is 14.9. The summed E-state index contributed by atoms with van der Waals surface area (Å²) in [5.74, 6) is -0.155. The number of hydrogen-bond donors (Lipinski definition) is 1. The summed E-state index contributed by atoms with van der Waals surface area (Å²) in [6, 6.07) is 8.01. The van der Waals surface area contributed by atoms with Crippen LogP contribution >= 0.6 is 0 Å². The van der Waals surface area contributed by atoms with Crippen LogP contribution in [0.5, 0.6) is 0 Å². The highest BCUT2D eigenvalue weighted by Crippen LogP contribution is 2.23. The Hall–Kier alpha value is -2.36. The van der Waals surface area contributed by atoms with Gasteiger partial charge in [-0.1, -0.05) is 30.5 Å². The molecular weight excluding hydrogens is 310 g/mol. The van der Waals surface area contributed by atoms with E-state index in [4.69, 9.17) is 0 Å². The molecule has 1 aliphatic heterocycles. The molecule has 0 bridgehead atoms. The Morgan fingerprint density at radius 2 is 1.64 bits per heavy atom. The lowest BCUT2D eigenvalue weighted by atomic mass is 10.0. The standard InChI is InChI=1S/C21H27N3O/c1-15-12-16(2)20(17(3)13-15)23-21(25)19-9-8-18(14-22-19)24-10-6-4-5-7-11-24/h8-9,12-14H,4-7,10-11H2,1-3H3,(H,23,25). The predicted octanol–water partition coefficient (Wildman–Crippen LogP) is 4.64.